The van der Waals surface area contributed by atoms with Crippen LogP contribution in [0.15, 0.2) is 78.9 Å². The summed E-state index contributed by atoms with van der Waals surface area (Å²) in [6.45, 7) is 5.97. The van der Waals surface area contributed by atoms with Crippen molar-refractivity contribution in [2.24, 2.45) is 0 Å². The summed E-state index contributed by atoms with van der Waals surface area (Å²) < 4.78 is 11.4. The molecule has 1 unspecified atom stereocenters. The van der Waals surface area contributed by atoms with Crippen LogP contribution in [0.5, 0.6) is 0 Å². The van der Waals surface area contributed by atoms with Crippen LogP contribution < -0.4 is 10.6 Å². The summed E-state index contributed by atoms with van der Waals surface area (Å²) in [6.07, 6.45) is -0.789. The number of nitrogens with zero attached hydrogens (tertiary/aromatic N) is 1. The summed E-state index contributed by atoms with van der Waals surface area (Å²) in [5, 5.41) is 15.0. The molecule has 4 rings (SSSR count). The van der Waals surface area contributed by atoms with E-state index in [2.05, 4.69) is 22.8 Å². The molecule has 3 aromatic rings. The van der Waals surface area contributed by atoms with E-state index in [9.17, 15) is 19.5 Å². The number of likely N-dealkylation sites (N-methyl/N-ethyl adjacent to an activating group) is 1. The van der Waals surface area contributed by atoms with Gasteiger partial charge in [-0.3, -0.25) is 9.69 Å². The van der Waals surface area contributed by atoms with Crippen LogP contribution in [0.4, 0.5) is 4.79 Å². The summed E-state index contributed by atoms with van der Waals surface area (Å²) in [6, 6.07) is 23.3. The van der Waals surface area contributed by atoms with Crippen molar-refractivity contribution in [3.05, 3.63) is 95.6 Å². The Morgan fingerprint density at radius 1 is 0.857 bits per heavy atom. The van der Waals surface area contributed by atoms with Crippen molar-refractivity contribution in [1.29, 1.82) is 0 Å². The summed E-state index contributed by atoms with van der Waals surface area (Å²) >= 11 is 0. The number of ether oxygens (including phenoxy) is 2. The van der Waals surface area contributed by atoms with E-state index in [1.165, 1.54) is 0 Å². The number of carboxylic acids is 1. The lowest BCUT2D eigenvalue weighted by Gasteiger charge is -2.27. The van der Waals surface area contributed by atoms with E-state index in [1.807, 2.05) is 92.4 Å². The lowest BCUT2D eigenvalue weighted by atomic mass is 9.98. The second-order valence-corrected chi connectivity index (χ2v) is 11.5. The predicted octanol–water partition coefficient (Wildman–Crippen LogP) is 4.41. The zero-order valence-electron chi connectivity index (χ0n) is 24.5. The molecule has 9 nitrogen and oxygen atoms in total. The molecule has 0 saturated heterocycles. The van der Waals surface area contributed by atoms with Gasteiger partial charge in [0, 0.05) is 19.0 Å². The van der Waals surface area contributed by atoms with Crippen molar-refractivity contribution in [3.8, 4) is 11.1 Å². The number of benzene rings is 3. The van der Waals surface area contributed by atoms with Gasteiger partial charge in [0.05, 0.1) is 12.2 Å². The van der Waals surface area contributed by atoms with E-state index in [4.69, 9.17) is 9.47 Å². The number of alkyl carbamates (subject to hydrolysis) is 1. The van der Waals surface area contributed by atoms with Gasteiger partial charge in [0.15, 0.2) is 0 Å². The van der Waals surface area contributed by atoms with Crippen LogP contribution in [0.1, 0.15) is 43.4 Å². The molecule has 222 valence electrons. The first kappa shape index (κ1) is 30.7. The standard InChI is InChI=1S/C33H39N3O6/c1-33(2,3)42-21-29(30(37)34-28(31(38)39)19-36(4)18-22-12-6-5-7-13-22)35-32(40)41-20-27-25-16-10-8-14-23(25)24-15-9-11-17-26(24)27/h5-17,27-29H,18-21H2,1-4H3,(H,34,37)(H,35,40)(H,38,39)/t28?,29-/m0/s1. The van der Waals surface area contributed by atoms with E-state index in [0.717, 1.165) is 27.8 Å². The van der Waals surface area contributed by atoms with Crippen molar-refractivity contribution in [3.63, 3.8) is 0 Å². The molecule has 0 spiro atoms. The Morgan fingerprint density at radius 3 is 2.00 bits per heavy atom. The number of rotatable bonds is 12. The van der Waals surface area contributed by atoms with Crippen LogP contribution in [0.25, 0.3) is 11.1 Å². The first-order valence-electron chi connectivity index (χ1n) is 14.0. The summed E-state index contributed by atoms with van der Waals surface area (Å²) in [5.41, 5.74) is 4.78. The number of carbonyl (C=O) groups is 3. The predicted molar refractivity (Wildman–Crippen MR) is 160 cm³/mol. The summed E-state index contributed by atoms with van der Waals surface area (Å²) in [4.78, 5) is 40.1. The average Bonchev–Trinajstić information content (AvgIpc) is 3.27. The minimum atomic E-state index is -1.20. The highest BCUT2D eigenvalue weighted by Gasteiger charge is 2.32. The van der Waals surface area contributed by atoms with Crippen molar-refractivity contribution in [1.82, 2.24) is 15.5 Å². The molecule has 9 heteroatoms. The molecule has 0 aliphatic heterocycles. The molecular formula is C33H39N3O6. The molecule has 42 heavy (non-hydrogen) atoms. The molecule has 2 atom stereocenters. The second kappa shape index (κ2) is 13.6. The molecule has 3 N–H and O–H groups in total. The SMILES string of the molecule is CN(Cc1ccccc1)CC(NC(=O)[C@H](COC(C)(C)C)NC(=O)OCC1c2ccccc2-c2ccccc21)C(=O)O. The Balaban J connectivity index is 1.40. The Hall–Kier alpha value is -4.21. The third kappa shape index (κ3) is 8.18. The Labute approximate surface area is 246 Å². The van der Waals surface area contributed by atoms with Gasteiger partial charge in [0.2, 0.25) is 5.91 Å². The number of hydrogen-bond acceptors (Lipinski definition) is 6. The molecule has 0 fully saturated rings. The highest BCUT2D eigenvalue weighted by molar-refractivity contribution is 5.89. The molecular weight excluding hydrogens is 534 g/mol. The van der Waals surface area contributed by atoms with Crippen molar-refractivity contribution < 1.29 is 29.0 Å². The number of carbonyl (C=O) groups excluding carboxylic acids is 2. The van der Waals surface area contributed by atoms with Crippen LogP contribution in [-0.2, 0) is 25.6 Å². The van der Waals surface area contributed by atoms with Crippen LogP contribution in [0.2, 0.25) is 0 Å². The van der Waals surface area contributed by atoms with Crippen LogP contribution in [-0.4, -0.2) is 72.5 Å². The second-order valence-electron chi connectivity index (χ2n) is 11.5. The summed E-state index contributed by atoms with van der Waals surface area (Å²) in [5.74, 6) is -1.99. The number of nitrogens with one attached hydrogen (secondary N) is 2. The highest BCUT2D eigenvalue weighted by atomic mass is 16.5. The minimum absolute atomic E-state index is 0.0633. The third-order valence-corrected chi connectivity index (χ3v) is 7.04. The van der Waals surface area contributed by atoms with Gasteiger partial charge < -0.3 is 25.2 Å². The fraction of sp³-hybridized carbons (Fsp3) is 0.364. The lowest BCUT2D eigenvalue weighted by molar-refractivity contribution is -0.143. The highest BCUT2D eigenvalue weighted by Crippen LogP contribution is 2.44. The van der Waals surface area contributed by atoms with E-state index >= 15 is 0 Å². The quantitative estimate of drug-likeness (QED) is 0.294. The van der Waals surface area contributed by atoms with E-state index < -0.39 is 35.7 Å². The Morgan fingerprint density at radius 2 is 1.43 bits per heavy atom. The van der Waals surface area contributed by atoms with Gasteiger partial charge >= 0.3 is 12.1 Å². The zero-order chi connectivity index (χ0) is 30.3. The zero-order valence-corrected chi connectivity index (χ0v) is 24.5. The van der Waals surface area contributed by atoms with Gasteiger partial charge in [-0.05, 0) is 55.6 Å². The van der Waals surface area contributed by atoms with E-state index in [-0.39, 0.29) is 25.7 Å². The van der Waals surface area contributed by atoms with Crippen LogP contribution in [0.3, 0.4) is 0 Å². The normalized spacial score (nSPS) is 14.0. The number of amides is 2. The van der Waals surface area contributed by atoms with Crippen LogP contribution in [0, 0.1) is 0 Å². The fourth-order valence-electron chi connectivity index (χ4n) is 5.03. The molecule has 0 heterocycles. The number of hydrogen-bond donors (Lipinski definition) is 3. The van der Waals surface area contributed by atoms with Gasteiger partial charge in [-0.1, -0.05) is 78.9 Å². The van der Waals surface area contributed by atoms with Gasteiger partial charge in [0.25, 0.3) is 0 Å². The van der Waals surface area contributed by atoms with Crippen LogP contribution >= 0.6 is 0 Å². The van der Waals surface area contributed by atoms with Gasteiger partial charge in [0.1, 0.15) is 18.7 Å². The first-order valence-corrected chi connectivity index (χ1v) is 14.0. The Kier molecular flexibility index (Phi) is 9.98. The minimum Gasteiger partial charge on any atom is -0.480 e. The smallest absolute Gasteiger partial charge is 0.407 e. The molecule has 0 radical (unpaired) electrons. The van der Waals surface area contributed by atoms with E-state index in [0.29, 0.717) is 6.54 Å². The van der Waals surface area contributed by atoms with Gasteiger partial charge in [-0.15, -0.1) is 0 Å². The maximum atomic E-state index is 13.3. The molecule has 2 amide bonds. The van der Waals surface area contributed by atoms with Gasteiger partial charge in [-0.2, -0.15) is 0 Å². The maximum absolute atomic E-state index is 13.3. The molecule has 0 bridgehead atoms. The topological polar surface area (TPSA) is 117 Å². The number of aliphatic carboxylic acids is 1. The molecule has 0 saturated carbocycles. The first-order chi connectivity index (χ1) is 20.0. The monoisotopic (exact) mass is 573 g/mol. The molecule has 0 aromatic heterocycles. The van der Waals surface area contributed by atoms with Gasteiger partial charge in [-0.25, -0.2) is 9.59 Å². The van der Waals surface area contributed by atoms with Crippen molar-refractivity contribution in [2.45, 2.75) is 50.9 Å². The molecule has 3 aromatic carbocycles. The third-order valence-electron chi connectivity index (χ3n) is 7.04. The summed E-state index contributed by atoms with van der Waals surface area (Å²) in [7, 11) is 1.78. The average molecular weight is 574 g/mol. The lowest BCUT2D eigenvalue weighted by Crippen LogP contribution is -2.56. The maximum Gasteiger partial charge on any atom is 0.407 e. The van der Waals surface area contributed by atoms with Crippen molar-refractivity contribution >= 4 is 18.0 Å². The molecule has 1 aliphatic rings. The number of fused-ring (bicyclic) bond motifs is 3. The fourth-order valence-corrected chi connectivity index (χ4v) is 5.03. The number of carboxylic acid groups (broad SMARTS) is 1. The molecule has 1 aliphatic carbocycles. The van der Waals surface area contributed by atoms with E-state index in [1.54, 1.807) is 7.05 Å². The van der Waals surface area contributed by atoms with Crippen molar-refractivity contribution in [2.75, 3.05) is 26.8 Å². The largest absolute Gasteiger partial charge is 0.480 e. The Bertz CT molecular complexity index is 1340.